The molecule has 0 aromatic heterocycles. The fraction of sp³-hybridized carbons (Fsp3) is 0.333. The van der Waals surface area contributed by atoms with Gasteiger partial charge >= 0.3 is 0 Å². The molecule has 0 unspecified atom stereocenters. The van der Waals surface area contributed by atoms with Gasteiger partial charge in [0.25, 0.3) is 0 Å². The second-order valence-corrected chi connectivity index (χ2v) is 5.66. The molecule has 1 aliphatic heterocycles. The molecule has 110 valence electrons. The van der Waals surface area contributed by atoms with E-state index in [9.17, 15) is 4.39 Å². The van der Waals surface area contributed by atoms with E-state index < -0.39 is 0 Å². The Labute approximate surface area is 125 Å². The second-order valence-electron chi connectivity index (χ2n) is 5.66. The van der Waals surface area contributed by atoms with Gasteiger partial charge in [-0.15, -0.1) is 0 Å². The molecule has 0 aliphatic carbocycles. The minimum Gasteiger partial charge on any atom is -0.313 e. The molecule has 0 atom stereocenters. The van der Waals surface area contributed by atoms with E-state index in [1.165, 1.54) is 28.8 Å². The van der Waals surface area contributed by atoms with Crippen LogP contribution in [0.15, 0.2) is 42.5 Å². The van der Waals surface area contributed by atoms with Crippen LogP contribution in [-0.4, -0.2) is 11.4 Å². The van der Waals surface area contributed by atoms with E-state index in [-0.39, 0.29) is 5.82 Å². The molecule has 1 N–H and O–H groups in total. The number of hydrogen-bond donors (Lipinski definition) is 1. The number of rotatable bonds is 5. The molecule has 3 rings (SSSR count). The predicted molar refractivity (Wildman–Crippen MR) is 83.2 cm³/mol. The molecule has 0 saturated heterocycles. The number of hydrogen-bond acceptors (Lipinski definition) is 2. The van der Waals surface area contributed by atoms with Crippen LogP contribution in [0.2, 0.25) is 0 Å². The lowest BCUT2D eigenvalue weighted by Gasteiger charge is -2.14. The van der Waals surface area contributed by atoms with Crippen molar-refractivity contribution in [1.82, 2.24) is 10.2 Å². The number of benzene rings is 2. The van der Waals surface area contributed by atoms with Crippen molar-refractivity contribution in [2.75, 3.05) is 6.54 Å². The van der Waals surface area contributed by atoms with E-state index >= 15 is 0 Å². The van der Waals surface area contributed by atoms with Crippen molar-refractivity contribution < 1.29 is 4.39 Å². The van der Waals surface area contributed by atoms with E-state index in [0.29, 0.717) is 0 Å². The molecule has 0 amide bonds. The summed E-state index contributed by atoms with van der Waals surface area (Å²) in [6.07, 6.45) is 0. The van der Waals surface area contributed by atoms with Gasteiger partial charge in [0.2, 0.25) is 0 Å². The summed E-state index contributed by atoms with van der Waals surface area (Å²) in [6, 6.07) is 13.6. The molecular weight excluding hydrogens is 263 g/mol. The molecule has 2 aromatic rings. The summed E-state index contributed by atoms with van der Waals surface area (Å²) < 4.78 is 12.9. The van der Waals surface area contributed by atoms with E-state index in [1.54, 1.807) is 0 Å². The summed E-state index contributed by atoms with van der Waals surface area (Å²) in [4.78, 5) is 2.40. The monoisotopic (exact) mass is 284 g/mol. The van der Waals surface area contributed by atoms with Crippen LogP contribution < -0.4 is 5.32 Å². The molecule has 0 fully saturated rings. The number of fused-ring (bicyclic) bond motifs is 1. The Balaban J connectivity index is 1.65. The molecule has 2 aromatic carbocycles. The van der Waals surface area contributed by atoms with Gasteiger partial charge in [0.15, 0.2) is 0 Å². The van der Waals surface area contributed by atoms with Gasteiger partial charge in [0.05, 0.1) is 0 Å². The van der Waals surface area contributed by atoms with Crippen molar-refractivity contribution in [3.63, 3.8) is 0 Å². The van der Waals surface area contributed by atoms with Crippen molar-refractivity contribution in [3.8, 4) is 0 Å². The van der Waals surface area contributed by atoms with Gasteiger partial charge in [0.1, 0.15) is 5.82 Å². The van der Waals surface area contributed by atoms with E-state index in [0.717, 1.165) is 38.3 Å². The normalized spacial score (nSPS) is 14.4. The maximum Gasteiger partial charge on any atom is 0.123 e. The van der Waals surface area contributed by atoms with Gasteiger partial charge in [0, 0.05) is 26.2 Å². The lowest BCUT2D eigenvalue weighted by molar-refractivity contribution is 0.275. The highest BCUT2D eigenvalue weighted by molar-refractivity contribution is 5.35. The van der Waals surface area contributed by atoms with Crippen molar-refractivity contribution in [3.05, 3.63) is 70.5 Å². The van der Waals surface area contributed by atoms with Crippen LogP contribution in [-0.2, 0) is 26.2 Å². The van der Waals surface area contributed by atoms with Crippen LogP contribution >= 0.6 is 0 Å². The first-order valence-electron chi connectivity index (χ1n) is 7.53. The highest BCUT2D eigenvalue weighted by Gasteiger charge is 2.19. The number of nitrogens with one attached hydrogen (secondary N) is 1. The summed E-state index contributed by atoms with van der Waals surface area (Å²) in [6.45, 7) is 6.88. The molecule has 2 nitrogen and oxygen atoms in total. The first kappa shape index (κ1) is 14.2. The van der Waals surface area contributed by atoms with Crippen molar-refractivity contribution in [2.45, 2.75) is 33.1 Å². The van der Waals surface area contributed by atoms with Crippen LogP contribution in [0, 0.1) is 5.82 Å². The third-order valence-corrected chi connectivity index (χ3v) is 3.96. The lowest BCUT2D eigenvalue weighted by Crippen LogP contribution is -2.15. The highest BCUT2D eigenvalue weighted by Crippen LogP contribution is 2.25. The van der Waals surface area contributed by atoms with Crippen LogP contribution in [0.4, 0.5) is 4.39 Å². The predicted octanol–water partition coefficient (Wildman–Crippen LogP) is 3.45. The Morgan fingerprint density at radius 2 is 1.71 bits per heavy atom. The quantitative estimate of drug-likeness (QED) is 0.904. The summed E-state index contributed by atoms with van der Waals surface area (Å²) in [7, 11) is 0. The molecule has 0 bridgehead atoms. The Bertz CT molecular complexity index is 607. The zero-order valence-electron chi connectivity index (χ0n) is 12.4. The van der Waals surface area contributed by atoms with Crippen molar-refractivity contribution >= 4 is 0 Å². The smallest absolute Gasteiger partial charge is 0.123 e. The molecule has 0 saturated carbocycles. The third kappa shape index (κ3) is 3.49. The zero-order valence-corrected chi connectivity index (χ0v) is 12.4. The lowest BCUT2D eigenvalue weighted by atomic mass is 10.1. The average Bonchev–Trinajstić information content (AvgIpc) is 2.89. The van der Waals surface area contributed by atoms with Gasteiger partial charge in [-0.3, -0.25) is 4.90 Å². The Kier molecular flexibility index (Phi) is 4.32. The number of halogens is 1. The summed E-state index contributed by atoms with van der Waals surface area (Å²) in [5, 5.41) is 3.36. The SMILES string of the molecule is CCNCc1ccc2c(c1)CN(Cc1ccc(F)cc1)C2. The van der Waals surface area contributed by atoms with E-state index in [4.69, 9.17) is 0 Å². The third-order valence-electron chi connectivity index (χ3n) is 3.96. The largest absolute Gasteiger partial charge is 0.313 e. The minimum absolute atomic E-state index is 0.170. The van der Waals surface area contributed by atoms with E-state index in [1.807, 2.05) is 12.1 Å². The van der Waals surface area contributed by atoms with Gasteiger partial charge in [-0.2, -0.15) is 0 Å². The standard InChI is InChI=1S/C18H21FN2/c1-2-20-10-15-3-6-16-12-21(13-17(16)9-15)11-14-4-7-18(19)8-5-14/h3-9,20H,2,10-13H2,1H3. The molecular formula is C18H21FN2. The number of nitrogens with zero attached hydrogens (tertiary/aromatic N) is 1. The summed E-state index contributed by atoms with van der Waals surface area (Å²) in [5.74, 6) is -0.170. The molecule has 1 heterocycles. The van der Waals surface area contributed by atoms with Crippen LogP contribution in [0.3, 0.4) is 0 Å². The fourth-order valence-electron chi connectivity index (χ4n) is 2.86. The van der Waals surface area contributed by atoms with Crippen LogP contribution in [0.25, 0.3) is 0 Å². The van der Waals surface area contributed by atoms with E-state index in [2.05, 4.69) is 35.3 Å². The zero-order chi connectivity index (χ0) is 14.7. The fourth-order valence-corrected chi connectivity index (χ4v) is 2.86. The molecule has 1 aliphatic rings. The Hall–Kier alpha value is -1.71. The first-order chi connectivity index (χ1) is 10.2. The molecule has 21 heavy (non-hydrogen) atoms. The maximum absolute atomic E-state index is 12.9. The Morgan fingerprint density at radius 1 is 1.00 bits per heavy atom. The van der Waals surface area contributed by atoms with Crippen molar-refractivity contribution in [1.29, 1.82) is 0 Å². The minimum atomic E-state index is -0.170. The van der Waals surface area contributed by atoms with Gasteiger partial charge in [-0.25, -0.2) is 4.39 Å². The average molecular weight is 284 g/mol. The van der Waals surface area contributed by atoms with Crippen LogP contribution in [0.5, 0.6) is 0 Å². The van der Waals surface area contributed by atoms with Gasteiger partial charge in [-0.1, -0.05) is 37.3 Å². The topological polar surface area (TPSA) is 15.3 Å². The molecule has 0 radical (unpaired) electrons. The summed E-state index contributed by atoms with van der Waals surface area (Å²) >= 11 is 0. The van der Waals surface area contributed by atoms with Crippen LogP contribution in [0.1, 0.15) is 29.2 Å². The molecule has 0 spiro atoms. The first-order valence-corrected chi connectivity index (χ1v) is 7.53. The van der Waals surface area contributed by atoms with Gasteiger partial charge in [-0.05, 0) is 40.9 Å². The molecule has 3 heteroatoms. The maximum atomic E-state index is 12.9. The Morgan fingerprint density at radius 3 is 2.48 bits per heavy atom. The van der Waals surface area contributed by atoms with Gasteiger partial charge < -0.3 is 5.32 Å². The summed E-state index contributed by atoms with van der Waals surface area (Å²) in [5.41, 5.74) is 5.35. The second kappa shape index (κ2) is 6.37. The highest BCUT2D eigenvalue weighted by atomic mass is 19.1. The van der Waals surface area contributed by atoms with Crippen molar-refractivity contribution in [2.24, 2.45) is 0 Å².